The lowest BCUT2D eigenvalue weighted by Gasteiger charge is -2.32. The largest absolute Gasteiger partial charge is 0.497 e. The summed E-state index contributed by atoms with van der Waals surface area (Å²) in [5.74, 6) is -1.09. The first-order chi connectivity index (χ1) is 15.3. The SMILES string of the molecule is COc1ccc(S(=O)(=O)N2CCCC(C(=O)NN3C(=O)NC4(CCCCC4)C3=O)C2)cc1. The van der Waals surface area contributed by atoms with Crippen LogP contribution < -0.4 is 15.5 Å². The molecule has 11 heteroatoms. The summed E-state index contributed by atoms with van der Waals surface area (Å²) in [5.41, 5.74) is 1.51. The Morgan fingerprint density at radius 1 is 1.12 bits per heavy atom. The Morgan fingerprint density at radius 2 is 1.81 bits per heavy atom. The van der Waals surface area contributed by atoms with Crippen molar-refractivity contribution in [1.82, 2.24) is 20.1 Å². The molecule has 10 nitrogen and oxygen atoms in total. The van der Waals surface area contributed by atoms with Gasteiger partial charge in [0.25, 0.3) is 5.91 Å². The third-order valence-electron chi connectivity index (χ3n) is 6.54. The van der Waals surface area contributed by atoms with Gasteiger partial charge >= 0.3 is 6.03 Å². The summed E-state index contributed by atoms with van der Waals surface area (Å²) >= 11 is 0. The number of methoxy groups -OCH3 is 1. The predicted molar refractivity (Wildman–Crippen MR) is 114 cm³/mol. The lowest BCUT2D eigenvalue weighted by molar-refractivity contribution is -0.141. The topological polar surface area (TPSA) is 125 Å². The van der Waals surface area contributed by atoms with Crippen molar-refractivity contribution in [2.45, 2.75) is 55.4 Å². The average molecular weight is 465 g/mol. The molecule has 32 heavy (non-hydrogen) atoms. The second-order valence-electron chi connectivity index (χ2n) is 8.57. The Balaban J connectivity index is 1.43. The number of ether oxygens (including phenoxy) is 1. The summed E-state index contributed by atoms with van der Waals surface area (Å²) in [6.07, 6.45) is 4.77. The number of urea groups is 1. The van der Waals surface area contributed by atoms with E-state index < -0.39 is 39.3 Å². The number of carbonyl (C=O) groups excluding carboxylic acids is 3. The number of piperidine rings is 1. The Morgan fingerprint density at radius 3 is 2.47 bits per heavy atom. The fourth-order valence-corrected chi connectivity index (χ4v) is 6.21. The van der Waals surface area contributed by atoms with E-state index in [-0.39, 0.29) is 11.4 Å². The maximum Gasteiger partial charge on any atom is 0.344 e. The van der Waals surface area contributed by atoms with Crippen molar-refractivity contribution >= 4 is 27.9 Å². The molecule has 1 unspecified atom stereocenters. The van der Waals surface area contributed by atoms with Crippen LogP contribution in [0.5, 0.6) is 5.75 Å². The number of nitrogens with zero attached hydrogens (tertiary/aromatic N) is 2. The van der Waals surface area contributed by atoms with Crippen LogP contribution in [0.3, 0.4) is 0 Å². The van der Waals surface area contributed by atoms with E-state index in [4.69, 9.17) is 4.74 Å². The van der Waals surface area contributed by atoms with Gasteiger partial charge in [-0.3, -0.25) is 15.0 Å². The standard InChI is InChI=1S/C21H28N4O6S/c1-31-16-7-9-17(10-8-16)32(29,30)24-13-5-6-15(14-24)18(26)23-25-19(27)21(22-20(25)28)11-3-2-4-12-21/h7-10,15H,2-6,11-14H2,1H3,(H,22,28)(H,23,26). The first-order valence-electron chi connectivity index (χ1n) is 10.9. The zero-order valence-corrected chi connectivity index (χ0v) is 18.8. The molecule has 2 aliphatic heterocycles. The Hall–Kier alpha value is -2.66. The molecule has 1 spiro atoms. The highest BCUT2D eigenvalue weighted by Gasteiger charge is 2.52. The fraction of sp³-hybridized carbons (Fsp3) is 0.571. The lowest BCUT2D eigenvalue weighted by Crippen LogP contribution is -2.53. The van der Waals surface area contributed by atoms with E-state index in [0.717, 1.165) is 24.3 Å². The van der Waals surface area contributed by atoms with Crippen LogP contribution in [0.1, 0.15) is 44.9 Å². The maximum absolute atomic E-state index is 13.0. The third-order valence-corrected chi connectivity index (χ3v) is 8.42. The van der Waals surface area contributed by atoms with E-state index in [1.807, 2.05) is 0 Å². The molecule has 0 bridgehead atoms. The molecule has 1 atom stereocenters. The van der Waals surface area contributed by atoms with Gasteiger partial charge in [0.15, 0.2) is 0 Å². The highest BCUT2D eigenvalue weighted by molar-refractivity contribution is 7.89. The van der Waals surface area contributed by atoms with Gasteiger partial charge < -0.3 is 10.1 Å². The summed E-state index contributed by atoms with van der Waals surface area (Å²) in [6, 6.07) is 5.44. The van der Waals surface area contributed by atoms with E-state index in [0.29, 0.717) is 38.0 Å². The summed E-state index contributed by atoms with van der Waals surface area (Å²) in [4.78, 5) is 38.3. The number of carbonyl (C=O) groups is 3. The van der Waals surface area contributed by atoms with E-state index in [9.17, 15) is 22.8 Å². The number of hydrazine groups is 1. The first kappa shape index (κ1) is 22.5. The van der Waals surface area contributed by atoms with Crippen LogP contribution in [-0.4, -0.2) is 61.3 Å². The zero-order valence-electron chi connectivity index (χ0n) is 18.0. The molecule has 3 fully saturated rings. The van der Waals surface area contributed by atoms with Crippen LogP contribution in [0.4, 0.5) is 4.79 Å². The minimum atomic E-state index is -3.79. The monoisotopic (exact) mass is 464 g/mol. The number of hydrogen-bond acceptors (Lipinski definition) is 6. The molecule has 2 saturated heterocycles. The van der Waals surface area contributed by atoms with Gasteiger partial charge in [-0.05, 0) is 49.9 Å². The minimum Gasteiger partial charge on any atom is -0.497 e. The van der Waals surface area contributed by atoms with Crippen LogP contribution in [0.25, 0.3) is 0 Å². The molecule has 2 N–H and O–H groups in total. The Bertz CT molecular complexity index is 1000. The molecular formula is C21H28N4O6S. The van der Waals surface area contributed by atoms with E-state index in [2.05, 4.69) is 10.7 Å². The third kappa shape index (κ3) is 4.06. The molecule has 1 aromatic carbocycles. The number of nitrogens with one attached hydrogen (secondary N) is 2. The van der Waals surface area contributed by atoms with Gasteiger partial charge in [-0.25, -0.2) is 13.2 Å². The molecule has 2 heterocycles. The summed E-state index contributed by atoms with van der Waals surface area (Å²) in [6.45, 7) is 0.277. The van der Waals surface area contributed by atoms with Crippen molar-refractivity contribution in [3.63, 3.8) is 0 Å². The zero-order chi connectivity index (χ0) is 22.9. The van der Waals surface area contributed by atoms with Crippen LogP contribution in [0.15, 0.2) is 29.2 Å². The van der Waals surface area contributed by atoms with Crippen molar-refractivity contribution in [2.75, 3.05) is 20.2 Å². The van der Waals surface area contributed by atoms with Gasteiger partial charge in [0.05, 0.1) is 17.9 Å². The summed E-state index contributed by atoms with van der Waals surface area (Å²) in [5, 5.41) is 3.52. The van der Waals surface area contributed by atoms with Crippen LogP contribution >= 0.6 is 0 Å². The highest BCUT2D eigenvalue weighted by atomic mass is 32.2. The van der Waals surface area contributed by atoms with E-state index >= 15 is 0 Å². The molecule has 0 aromatic heterocycles. The molecule has 0 radical (unpaired) electrons. The van der Waals surface area contributed by atoms with E-state index in [1.165, 1.54) is 23.5 Å². The number of imide groups is 1. The molecule has 3 aliphatic rings. The number of rotatable bonds is 5. The quantitative estimate of drug-likeness (QED) is 0.635. The normalized spacial score (nSPS) is 23.8. The average Bonchev–Trinajstić information content (AvgIpc) is 3.03. The molecule has 1 saturated carbocycles. The van der Waals surface area contributed by atoms with Crippen LogP contribution in [-0.2, 0) is 19.6 Å². The van der Waals surface area contributed by atoms with Crippen molar-refractivity contribution in [1.29, 1.82) is 0 Å². The second-order valence-corrected chi connectivity index (χ2v) is 10.5. The van der Waals surface area contributed by atoms with Gasteiger partial charge in [-0.1, -0.05) is 19.3 Å². The fourth-order valence-electron chi connectivity index (χ4n) is 4.69. The lowest BCUT2D eigenvalue weighted by atomic mass is 9.82. The van der Waals surface area contributed by atoms with Crippen LogP contribution in [0.2, 0.25) is 0 Å². The maximum atomic E-state index is 13.0. The second kappa shape index (κ2) is 8.70. The molecule has 4 rings (SSSR count). The molecule has 1 aliphatic carbocycles. The number of amides is 4. The Labute approximate surface area is 187 Å². The van der Waals surface area contributed by atoms with Crippen molar-refractivity contribution in [2.24, 2.45) is 5.92 Å². The smallest absolute Gasteiger partial charge is 0.344 e. The minimum absolute atomic E-state index is 0.0189. The van der Waals surface area contributed by atoms with Gasteiger partial charge in [-0.2, -0.15) is 9.31 Å². The van der Waals surface area contributed by atoms with Crippen molar-refractivity contribution in [3.05, 3.63) is 24.3 Å². The van der Waals surface area contributed by atoms with Gasteiger partial charge in [-0.15, -0.1) is 0 Å². The first-order valence-corrected chi connectivity index (χ1v) is 12.3. The van der Waals surface area contributed by atoms with E-state index in [1.54, 1.807) is 12.1 Å². The van der Waals surface area contributed by atoms with Crippen molar-refractivity contribution < 1.29 is 27.5 Å². The van der Waals surface area contributed by atoms with Crippen molar-refractivity contribution in [3.8, 4) is 5.75 Å². The number of sulfonamides is 1. The molecule has 4 amide bonds. The molecule has 1 aromatic rings. The Kier molecular flexibility index (Phi) is 6.13. The molecule has 174 valence electrons. The number of benzene rings is 1. The molecular weight excluding hydrogens is 436 g/mol. The van der Waals surface area contributed by atoms with Gasteiger partial charge in [0, 0.05) is 13.1 Å². The van der Waals surface area contributed by atoms with Gasteiger partial charge in [0.1, 0.15) is 11.3 Å². The van der Waals surface area contributed by atoms with Crippen LogP contribution in [0, 0.1) is 5.92 Å². The summed E-state index contributed by atoms with van der Waals surface area (Å²) in [7, 11) is -2.29. The van der Waals surface area contributed by atoms with Gasteiger partial charge in [0.2, 0.25) is 15.9 Å². The summed E-state index contributed by atoms with van der Waals surface area (Å²) < 4.78 is 32.4. The predicted octanol–water partition coefficient (Wildman–Crippen LogP) is 1.38. The number of hydrogen-bond donors (Lipinski definition) is 2. The highest BCUT2D eigenvalue weighted by Crippen LogP contribution is 2.33.